The highest BCUT2D eigenvalue weighted by Gasteiger charge is 2.26. The Morgan fingerprint density at radius 1 is 1.00 bits per heavy atom. The van der Waals surface area contributed by atoms with E-state index < -0.39 is 0 Å². The average Bonchev–Trinajstić information content (AvgIpc) is 3.13. The fourth-order valence-corrected chi connectivity index (χ4v) is 4.70. The van der Waals surface area contributed by atoms with Gasteiger partial charge in [0.1, 0.15) is 17.6 Å². The Morgan fingerprint density at radius 2 is 1.64 bits per heavy atom. The summed E-state index contributed by atoms with van der Waals surface area (Å²) in [6.45, 7) is 9.80. The van der Waals surface area contributed by atoms with Crippen LogP contribution in [0.5, 0.6) is 5.75 Å². The molecule has 0 bridgehead atoms. The number of carbonyl (C=O) groups excluding carboxylic acids is 2. The van der Waals surface area contributed by atoms with Gasteiger partial charge in [0.2, 0.25) is 11.8 Å². The number of piperazine rings is 1. The third-order valence-electron chi connectivity index (χ3n) is 6.97. The van der Waals surface area contributed by atoms with Crippen molar-refractivity contribution in [2.24, 2.45) is 0 Å². The van der Waals surface area contributed by atoms with E-state index in [1.165, 1.54) is 0 Å². The van der Waals surface area contributed by atoms with Gasteiger partial charge < -0.3 is 19.7 Å². The molecule has 2 saturated heterocycles. The van der Waals surface area contributed by atoms with Gasteiger partial charge in [0, 0.05) is 50.6 Å². The molecule has 2 aliphatic rings. The van der Waals surface area contributed by atoms with E-state index in [1.807, 2.05) is 52.5 Å². The number of methoxy groups -OCH3 is 1. The first-order valence-electron chi connectivity index (χ1n) is 12.3. The Hall–Kier alpha value is -3.39. The first-order chi connectivity index (χ1) is 17.4. The minimum Gasteiger partial charge on any atom is -0.497 e. The van der Waals surface area contributed by atoms with E-state index in [-0.39, 0.29) is 18.4 Å². The van der Waals surface area contributed by atoms with Crippen molar-refractivity contribution in [1.29, 1.82) is 5.26 Å². The van der Waals surface area contributed by atoms with Crippen LogP contribution in [-0.4, -0.2) is 104 Å². The molecule has 0 atom stereocenters. The molecule has 0 aliphatic carbocycles. The summed E-state index contributed by atoms with van der Waals surface area (Å²) in [5.74, 6) is 1.14. The predicted molar refractivity (Wildman–Crippen MR) is 135 cm³/mol. The Balaban J connectivity index is 1.38. The molecule has 2 aliphatic heterocycles. The number of ether oxygens (including phenoxy) is 2. The van der Waals surface area contributed by atoms with Gasteiger partial charge in [0.25, 0.3) is 0 Å². The number of hydrogen-bond donors (Lipinski definition) is 1. The summed E-state index contributed by atoms with van der Waals surface area (Å²) in [5, 5.41) is 12.8. The van der Waals surface area contributed by atoms with E-state index >= 15 is 0 Å². The smallest absolute Gasteiger partial charge is 0.239 e. The van der Waals surface area contributed by atoms with Crippen molar-refractivity contribution in [2.45, 2.75) is 13.8 Å². The van der Waals surface area contributed by atoms with E-state index in [4.69, 9.17) is 9.47 Å². The van der Waals surface area contributed by atoms with E-state index in [0.717, 1.165) is 35.8 Å². The number of carbonyl (C=O) groups is 2. The molecule has 3 heterocycles. The third kappa shape index (κ3) is 5.70. The maximum Gasteiger partial charge on any atom is 0.239 e. The van der Waals surface area contributed by atoms with Crippen molar-refractivity contribution < 1.29 is 19.1 Å². The second-order valence-electron chi connectivity index (χ2n) is 9.17. The molecule has 0 unspecified atom stereocenters. The number of rotatable bonds is 7. The largest absolute Gasteiger partial charge is 0.497 e. The lowest BCUT2D eigenvalue weighted by Gasteiger charge is -2.36. The second kappa shape index (κ2) is 11.6. The van der Waals surface area contributed by atoms with E-state index in [0.29, 0.717) is 57.3 Å². The summed E-state index contributed by atoms with van der Waals surface area (Å²) in [4.78, 5) is 31.7. The minimum absolute atomic E-state index is 0.128. The van der Waals surface area contributed by atoms with Crippen LogP contribution in [0.15, 0.2) is 24.3 Å². The molecule has 192 valence electrons. The molecule has 10 heteroatoms. The van der Waals surface area contributed by atoms with Gasteiger partial charge in [-0.2, -0.15) is 5.26 Å². The van der Waals surface area contributed by atoms with Crippen LogP contribution in [-0.2, 0) is 14.3 Å². The number of nitrogens with zero attached hydrogens (tertiary/aromatic N) is 5. The molecule has 4 rings (SSSR count). The van der Waals surface area contributed by atoms with Crippen molar-refractivity contribution >= 4 is 17.6 Å². The van der Waals surface area contributed by atoms with Crippen LogP contribution in [0, 0.1) is 25.2 Å². The quantitative estimate of drug-likeness (QED) is 0.621. The summed E-state index contributed by atoms with van der Waals surface area (Å²) in [7, 11) is 1.61. The van der Waals surface area contributed by atoms with E-state index in [1.54, 1.807) is 7.11 Å². The van der Waals surface area contributed by atoms with Crippen LogP contribution in [0.1, 0.15) is 16.8 Å². The maximum absolute atomic E-state index is 13.0. The van der Waals surface area contributed by atoms with Gasteiger partial charge in [-0.25, -0.2) is 0 Å². The highest BCUT2D eigenvalue weighted by atomic mass is 16.5. The van der Waals surface area contributed by atoms with E-state index in [9.17, 15) is 14.9 Å². The summed E-state index contributed by atoms with van der Waals surface area (Å²) in [6.07, 6.45) is 0. The van der Waals surface area contributed by atoms with Gasteiger partial charge in [-0.15, -0.1) is 0 Å². The minimum atomic E-state index is -0.188. The molecule has 2 aromatic rings. The molecule has 0 spiro atoms. The number of aromatic nitrogens is 1. The van der Waals surface area contributed by atoms with Gasteiger partial charge in [0.05, 0.1) is 39.0 Å². The van der Waals surface area contributed by atoms with E-state index in [2.05, 4.69) is 16.3 Å². The highest BCUT2D eigenvalue weighted by Crippen LogP contribution is 2.30. The van der Waals surface area contributed by atoms with Crippen molar-refractivity contribution in [2.75, 3.05) is 78.0 Å². The van der Waals surface area contributed by atoms with Gasteiger partial charge >= 0.3 is 0 Å². The topological polar surface area (TPSA) is 103 Å². The zero-order chi connectivity index (χ0) is 25.7. The Kier molecular flexibility index (Phi) is 8.25. The maximum atomic E-state index is 13.0. The summed E-state index contributed by atoms with van der Waals surface area (Å²) in [5.41, 5.74) is 3.01. The molecule has 1 N–H and O–H groups in total. The molecule has 2 amide bonds. The van der Waals surface area contributed by atoms with Crippen LogP contribution in [0.25, 0.3) is 5.69 Å². The van der Waals surface area contributed by atoms with Gasteiger partial charge in [0.15, 0.2) is 0 Å². The molecule has 1 aromatic heterocycles. The Morgan fingerprint density at radius 3 is 2.25 bits per heavy atom. The van der Waals surface area contributed by atoms with Crippen LogP contribution in [0.2, 0.25) is 0 Å². The fourth-order valence-electron chi connectivity index (χ4n) is 4.70. The van der Waals surface area contributed by atoms with Crippen LogP contribution in [0.3, 0.4) is 0 Å². The molecule has 2 fully saturated rings. The molecular formula is C26H34N6O4. The summed E-state index contributed by atoms with van der Waals surface area (Å²) < 4.78 is 12.5. The molecule has 10 nitrogen and oxygen atoms in total. The van der Waals surface area contributed by atoms with Crippen LogP contribution in [0.4, 0.5) is 5.82 Å². The Labute approximate surface area is 212 Å². The zero-order valence-corrected chi connectivity index (χ0v) is 21.2. The van der Waals surface area contributed by atoms with Crippen molar-refractivity contribution in [3.63, 3.8) is 0 Å². The first-order valence-corrected chi connectivity index (χ1v) is 12.3. The number of amides is 2. The molecule has 0 radical (unpaired) electrons. The number of nitriles is 1. The van der Waals surface area contributed by atoms with Crippen molar-refractivity contribution in [1.82, 2.24) is 19.3 Å². The van der Waals surface area contributed by atoms with Crippen LogP contribution >= 0.6 is 0 Å². The lowest BCUT2D eigenvalue weighted by atomic mass is 10.2. The van der Waals surface area contributed by atoms with Crippen molar-refractivity contribution in [3.8, 4) is 17.5 Å². The number of benzene rings is 1. The molecule has 36 heavy (non-hydrogen) atoms. The molecular weight excluding hydrogens is 460 g/mol. The number of hydrogen-bond acceptors (Lipinski definition) is 7. The van der Waals surface area contributed by atoms with Gasteiger partial charge in [-0.3, -0.25) is 24.0 Å². The standard InChI is InChI=1S/C26H34N6O4/c1-19-20(2)32(21-4-6-22(35-3)7-5-21)26(23(19)16-27)28-24(33)17-29-8-10-31(11-9-29)25(34)18-30-12-14-36-15-13-30/h4-7H,8-15,17-18H2,1-3H3,(H,28,33). The lowest BCUT2D eigenvalue weighted by molar-refractivity contribution is -0.135. The monoisotopic (exact) mass is 494 g/mol. The SMILES string of the molecule is COc1ccc(-n2c(C)c(C)c(C#N)c2NC(=O)CN2CCN(C(=O)CN3CCOCC3)CC2)cc1. The summed E-state index contributed by atoms with van der Waals surface area (Å²) in [6, 6.07) is 9.74. The second-order valence-corrected chi connectivity index (χ2v) is 9.17. The first kappa shape index (κ1) is 25.7. The lowest BCUT2D eigenvalue weighted by Crippen LogP contribution is -2.53. The molecule has 1 aromatic carbocycles. The summed E-state index contributed by atoms with van der Waals surface area (Å²) >= 11 is 0. The van der Waals surface area contributed by atoms with Crippen molar-refractivity contribution in [3.05, 3.63) is 41.1 Å². The number of nitrogens with one attached hydrogen (secondary N) is 1. The molecule has 0 saturated carbocycles. The number of anilines is 1. The number of morpholine rings is 1. The predicted octanol–water partition coefficient (Wildman–Crippen LogP) is 1.39. The van der Waals surface area contributed by atoms with Gasteiger partial charge in [-0.1, -0.05) is 0 Å². The van der Waals surface area contributed by atoms with Crippen LogP contribution < -0.4 is 10.1 Å². The normalized spacial score (nSPS) is 17.0. The Bertz CT molecular complexity index is 1120. The van der Waals surface area contributed by atoms with Gasteiger partial charge in [-0.05, 0) is 43.7 Å². The highest BCUT2D eigenvalue weighted by molar-refractivity contribution is 5.93. The third-order valence-corrected chi connectivity index (χ3v) is 6.97. The average molecular weight is 495 g/mol. The fraction of sp³-hybridized carbons (Fsp3) is 0.500. The zero-order valence-electron chi connectivity index (χ0n) is 21.2.